The molecule has 1 aliphatic rings. The zero-order valence-electron chi connectivity index (χ0n) is 25.9. The van der Waals surface area contributed by atoms with Crippen LogP contribution in [-0.4, -0.2) is 54.3 Å². The van der Waals surface area contributed by atoms with E-state index in [1.54, 1.807) is 17.0 Å². The third-order valence-corrected chi connectivity index (χ3v) is 7.37. The highest BCUT2D eigenvalue weighted by Gasteiger charge is 2.26. The standard InChI is InChI=1S/C35H46N4O4/c1-5-37-29-19-28(20-30(21-29)39-16-10-15-33(39)41)34(42)38-31(18-25-11-7-6-8-12-25)32(40)23-36-22-26-13-9-14-27(17-26)24-43-35(2,3)4/h6-9,11-14,17,19-21,31-32,36-37,40H,5,10,15-16,18,22-24H2,1-4H3,(H,38,42)/t31-,32-/m0/s1. The molecule has 8 heteroatoms. The Morgan fingerprint density at radius 3 is 2.44 bits per heavy atom. The van der Waals surface area contributed by atoms with Crippen LogP contribution < -0.4 is 20.9 Å². The van der Waals surface area contributed by atoms with Gasteiger partial charge in [0.2, 0.25) is 5.91 Å². The molecule has 1 fully saturated rings. The molecule has 1 saturated heterocycles. The number of amides is 2. The topological polar surface area (TPSA) is 103 Å². The summed E-state index contributed by atoms with van der Waals surface area (Å²) >= 11 is 0. The van der Waals surface area contributed by atoms with Crippen molar-refractivity contribution in [2.45, 2.75) is 77.9 Å². The van der Waals surface area contributed by atoms with Crippen LogP contribution in [0.4, 0.5) is 11.4 Å². The molecular formula is C35H46N4O4. The summed E-state index contributed by atoms with van der Waals surface area (Å²) in [6.45, 7) is 10.8. The number of hydrogen-bond acceptors (Lipinski definition) is 6. The third-order valence-electron chi connectivity index (χ3n) is 7.37. The van der Waals surface area contributed by atoms with Crippen molar-refractivity contribution in [2.24, 2.45) is 0 Å². The molecule has 0 aliphatic carbocycles. The summed E-state index contributed by atoms with van der Waals surface area (Å²) in [6.07, 6.45) is 0.951. The van der Waals surface area contributed by atoms with Crippen LogP contribution in [0.2, 0.25) is 0 Å². The molecule has 1 heterocycles. The van der Waals surface area contributed by atoms with Crippen molar-refractivity contribution < 1.29 is 19.4 Å². The number of aliphatic hydroxyl groups excluding tert-OH is 1. The van der Waals surface area contributed by atoms with Gasteiger partial charge in [-0.05, 0) is 75.4 Å². The molecule has 230 valence electrons. The van der Waals surface area contributed by atoms with Gasteiger partial charge in [-0.1, -0.05) is 54.6 Å². The molecule has 0 spiro atoms. The van der Waals surface area contributed by atoms with Gasteiger partial charge in [0, 0.05) is 49.5 Å². The van der Waals surface area contributed by atoms with Gasteiger partial charge >= 0.3 is 0 Å². The van der Waals surface area contributed by atoms with Crippen molar-refractivity contribution in [2.75, 3.05) is 29.9 Å². The van der Waals surface area contributed by atoms with Crippen molar-refractivity contribution in [1.29, 1.82) is 0 Å². The van der Waals surface area contributed by atoms with Crippen molar-refractivity contribution >= 4 is 23.2 Å². The molecule has 0 unspecified atom stereocenters. The van der Waals surface area contributed by atoms with Gasteiger partial charge in [0.25, 0.3) is 5.91 Å². The Labute approximate surface area is 255 Å². The lowest BCUT2D eigenvalue weighted by molar-refractivity contribution is -0.117. The zero-order chi connectivity index (χ0) is 30.8. The summed E-state index contributed by atoms with van der Waals surface area (Å²) in [5.41, 5.74) is 4.93. The molecule has 0 saturated carbocycles. The highest BCUT2D eigenvalue weighted by Crippen LogP contribution is 2.27. The fourth-order valence-electron chi connectivity index (χ4n) is 5.16. The van der Waals surface area contributed by atoms with E-state index in [1.165, 1.54) is 0 Å². The van der Waals surface area contributed by atoms with Gasteiger partial charge < -0.3 is 30.7 Å². The number of anilines is 2. The summed E-state index contributed by atoms with van der Waals surface area (Å²) in [4.78, 5) is 27.8. The summed E-state index contributed by atoms with van der Waals surface area (Å²) < 4.78 is 5.91. The van der Waals surface area contributed by atoms with E-state index in [4.69, 9.17) is 4.74 Å². The van der Waals surface area contributed by atoms with Crippen LogP contribution >= 0.6 is 0 Å². The maximum absolute atomic E-state index is 13.6. The fourth-order valence-corrected chi connectivity index (χ4v) is 5.16. The number of rotatable bonds is 14. The molecule has 43 heavy (non-hydrogen) atoms. The zero-order valence-corrected chi connectivity index (χ0v) is 25.9. The quantitative estimate of drug-likeness (QED) is 0.211. The first-order chi connectivity index (χ1) is 20.6. The van der Waals surface area contributed by atoms with E-state index in [0.29, 0.717) is 56.9 Å². The Hall–Kier alpha value is -3.72. The van der Waals surface area contributed by atoms with Crippen LogP contribution in [0.3, 0.4) is 0 Å². The predicted molar refractivity (Wildman–Crippen MR) is 172 cm³/mol. The number of carbonyl (C=O) groups excluding carboxylic acids is 2. The van der Waals surface area contributed by atoms with Crippen LogP contribution in [-0.2, 0) is 29.1 Å². The van der Waals surface area contributed by atoms with Gasteiger partial charge in [-0.2, -0.15) is 0 Å². The SMILES string of the molecule is CCNc1cc(C(=O)N[C@@H](Cc2ccccc2)[C@@H](O)CNCc2cccc(COC(C)(C)C)c2)cc(N2CCCC2=O)c1. The average molecular weight is 587 g/mol. The minimum absolute atomic E-state index is 0.0655. The highest BCUT2D eigenvalue weighted by atomic mass is 16.5. The molecule has 2 atom stereocenters. The van der Waals surface area contributed by atoms with Crippen molar-refractivity contribution in [3.8, 4) is 0 Å². The van der Waals surface area contributed by atoms with Crippen LogP contribution in [0.5, 0.6) is 0 Å². The number of nitrogens with one attached hydrogen (secondary N) is 3. The summed E-state index contributed by atoms with van der Waals surface area (Å²) in [6, 6.07) is 23.0. The third kappa shape index (κ3) is 9.92. The average Bonchev–Trinajstić information content (AvgIpc) is 3.42. The van der Waals surface area contributed by atoms with Gasteiger partial charge in [0.05, 0.1) is 24.4 Å². The van der Waals surface area contributed by atoms with E-state index in [2.05, 4.69) is 22.0 Å². The second-order valence-electron chi connectivity index (χ2n) is 12.1. The molecule has 3 aromatic rings. The first-order valence-corrected chi connectivity index (χ1v) is 15.3. The smallest absolute Gasteiger partial charge is 0.251 e. The normalized spacial score (nSPS) is 14.9. The molecule has 2 amide bonds. The van der Waals surface area contributed by atoms with Gasteiger partial charge in [0.15, 0.2) is 0 Å². The number of ether oxygens (including phenoxy) is 1. The number of nitrogens with zero attached hydrogens (tertiary/aromatic N) is 1. The lowest BCUT2D eigenvalue weighted by atomic mass is 10.00. The fraction of sp³-hybridized carbons (Fsp3) is 0.429. The van der Waals surface area contributed by atoms with E-state index < -0.39 is 12.1 Å². The monoisotopic (exact) mass is 586 g/mol. The molecule has 8 nitrogen and oxygen atoms in total. The number of benzene rings is 3. The minimum atomic E-state index is -0.840. The van der Waals surface area contributed by atoms with Crippen molar-refractivity contribution in [1.82, 2.24) is 10.6 Å². The first-order valence-electron chi connectivity index (χ1n) is 15.3. The van der Waals surface area contributed by atoms with Gasteiger partial charge in [0.1, 0.15) is 0 Å². The van der Waals surface area contributed by atoms with Crippen LogP contribution in [0.1, 0.15) is 67.6 Å². The lowest BCUT2D eigenvalue weighted by Crippen LogP contribution is -2.48. The number of carbonyl (C=O) groups is 2. The Kier molecular flexibility index (Phi) is 11.3. The van der Waals surface area contributed by atoms with Crippen molar-refractivity contribution in [3.05, 3.63) is 95.1 Å². The molecule has 0 radical (unpaired) electrons. The van der Waals surface area contributed by atoms with Gasteiger partial charge in [-0.25, -0.2) is 0 Å². The second kappa shape index (κ2) is 15.1. The largest absolute Gasteiger partial charge is 0.390 e. The highest BCUT2D eigenvalue weighted by molar-refractivity contribution is 6.00. The van der Waals surface area contributed by atoms with Crippen molar-refractivity contribution in [3.63, 3.8) is 0 Å². The lowest BCUT2D eigenvalue weighted by Gasteiger charge is -2.26. The Bertz CT molecular complexity index is 1360. The van der Waals surface area contributed by atoms with E-state index in [1.807, 2.05) is 82.3 Å². The van der Waals surface area contributed by atoms with Crippen LogP contribution in [0.15, 0.2) is 72.8 Å². The van der Waals surface area contributed by atoms with E-state index in [0.717, 1.165) is 28.8 Å². The number of aliphatic hydroxyl groups is 1. The summed E-state index contributed by atoms with van der Waals surface area (Å²) in [5.74, 6) is -0.227. The van der Waals surface area contributed by atoms with E-state index in [9.17, 15) is 14.7 Å². The number of hydrogen-bond donors (Lipinski definition) is 4. The maximum atomic E-state index is 13.6. The van der Waals surface area contributed by atoms with E-state index in [-0.39, 0.29) is 17.4 Å². The molecule has 4 rings (SSSR count). The van der Waals surface area contributed by atoms with Gasteiger partial charge in [-0.3, -0.25) is 9.59 Å². The van der Waals surface area contributed by atoms with E-state index >= 15 is 0 Å². The molecule has 3 aromatic carbocycles. The maximum Gasteiger partial charge on any atom is 0.251 e. The van der Waals surface area contributed by atoms with Crippen LogP contribution in [0.25, 0.3) is 0 Å². The Morgan fingerprint density at radius 2 is 1.74 bits per heavy atom. The molecule has 0 bridgehead atoms. The summed E-state index contributed by atoms with van der Waals surface area (Å²) in [5, 5.41) is 21.0. The molecule has 4 N–H and O–H groups in total. The Morgan fingerprint density at radius 1 is 1.00 bits per heavy atom. The molecular weight excluding hydrogens is 540 g/mol. The van der Waals surface area contributed by atoms with Gasteiger partial charge in [-0.15, -0.1) is 0 Å². The first kappa shape index (κ1) is 32.2. The summed E-state index contributed by atoms with van der Waals surface area (Å²) in [7, 11) is 0. The second-order valence-corrected chi connectivity index (χ2v) is 12.1. The minimum Gasteiger partial charge on any atom is -0.390 e. The Balaban J connectivity index is 1.45. The predicted octanol–water partition coefficient (Wildman–Crippen LogP) is 5.05. The molecule has 0 aromatic heterocycles. The van der Waals surface area contributed by atoms with Crippen LogP contribution in [0, 0.1) is 0 Å². The molecule has 1 aliphatic heterocycles.